The van der Waals surface area contributed by atoms with Crippen LogP contribution < -0.4 is 5.73 Å². The Morgan fingerprint density at radius 2 is 1.75 bits per heavy atom. The van der Waals surface area contributed by atoms with Gasteiger partial charge in [-0.25, -0.2) is 0 Å². The summed E-state index contributed by atoms with van der Waals surface area (Å²) in [7, 11) is 0. The van der Waals surface area contributed by atoms with Gasteiger partial charge in [0.1, 0.15) is 11.3 Å². The first-order chi connectivity index (χ1) is 9.65. The lowest BCUT2D eigenvalue weighted by molar-refractivity contribution is 0.493. The topological polar surface area (TPSA) is 39.2 Å². The number of nitrogens with two attached hydrogens (primary N) is 1. The van der Waals surface area contributed by atoms with Gasteiger partial charge < -0.3 is 10.2 Å². The number of halogens is 2. The van der Waals surface area contributed by atoms with Crippen LogP contribution in [0.3, 0.4) is 0 Å². The number of furan rings is 1. The highest BCUT2D eigenvalue weighted by Gasteiger charge is 2.15. The van der Waals surface area contributed by atoms with E-state index in [1.165, 1.54) is 5.56 Å². The molecule has 102 valence electrons. The van der Waals surface area contributed by atoms with Gasteiger partial charge in [0, 0.05) is 9.86 Å². The number of hydrogen-bond acceptors (Lipinski definition) is 2. The van der Waals surface area contributed by atoms with E-state index in [0.717, 1.165) is 32.1 Å². The second-order valence-corrected chi connectivity index (χ2v) is 6.42. The van der Waals surface area contributed by atoms with E-state index in [0.29, 0.717) is 0 Å². The number of fused-ring (bicyclic) bond motifs is 1. The maximum absolute atomic E-state index is 6.28. The van der Waals surface area contributed by atoms with Crippen molar-refractivity contribution in [2.45, 2.75) is 12.5 Å². The van der Waals surface area contributed by atoms with Crippen molar-refractivity contribution in [3.63, 3.8) is 0 Å². The van der Waals surface area contributed by atoms with Gasteiger partial charge in [-0.15, -0.1) is 0 Å². The van der Waals surface area contributed by atoms with Crippen LogP contribution in [0.25, 0.3) is 11.0 Å². The molecule has 0 saturated heterocycles. The molecular weight excluding hydrogens is 382 g/mol. The van der Waals surface area contributed by atoms with Gasteiger partial charge in [-0.1, -0.05) is 46.3 Å². The third-order valence-electron chi connectivity index (χ3n) is 3.28. The fourth-order valence-electron chi connectivity index (χ4n) is 2.23. The summed E-state index contributed by atoms with van der Waals surface area (Å²) in [5, 5.41) is 1.07. The highest BCUT2D eigenvalue weighted by molar-refractivity contribution is 9.11. The summed E-state index contributed by atoms with van der Waals surface area (Å²) < 4.78 is 7.92. The van der Waals surface area contributed by atoms with Gasteiger partial charge in [0.15, 0.2) is 0 Å². The number of rotatable bonds is 3. The van der Waals surface area contributed by atoms with Gasteiger partial charge in [0.2, 0.25) is 0 Å². The second kappa shape index (κ2) is 5.72. The summed E-state index contributed by atoms with van der Waals surface area (Å²) >= 11 is 7.05. The molecule has 1 heterocycles. The molecule has 0 saturated carbocycles. The van der Waals surface area contributed by atoms with E-state index in [9.17, 15) is 0 Å². The Kier molecular flexibility index (Phi) is 3.96. The monoisotopic (exact) mass is 393 g/mol. The minimum absolute atomic E-state index is 0.159. The number of hydrogen-bond donors (Lipinski definition) is 1. The van der Waals surface area contributed by atoms with Crippen LogP contribution in [-0.2, 0) is 6.42 Å². The van der Waals surface area contributed by atoms with Crippen molar-refractivity contribution in [3.8, 4) is 0 Å². The van der Waals surface area contributed by atoms with E-state index in [1.54, 1.807) is 0 Å². The van der Waals surface area contributed by atoms with Crippen molar-refractivity contribution in [1.82, 2.24) is 0 Å². The van der Waals surface area contributed by atoms with Gasteiger partial charge in [0.25, 0.3) is 0 Å². The Labute approximate surface area is 134 Å². The lowest BCUT2D eigenvalue weighted by atomic mass is 10.0. The molecular formula is C16H13Br2NO. The van der Waals surface area contributed by atoms with Crippen molar-refractivity contribution in [2.75, 3.05) is 0 Å². The molecule has 0 amide bonds. The molecule has 2 N–H and O–H groups in total. The van der Waals surface area contributed by atoms with Crippen molar-refractivity contribution < 1.29 is 4.42 Å². The normalized spacial score (nSPS) is 12.8. The van der Waals surface area contributed by atoms with Crippen LogP contribution in [0.1, 0.15) is 17.4 Å². The smallest absolute Gasteiger partial charge is 0.148 e. The molecule has 1 aromatic heterocycles. The summed E-state index contributed by atoms with van der Waals surface area (Å²) in [4.78, 5) is 0. The zero-order valence-electron chi connectivity index (χ0n) is 10.6. The third kappa shape index (κ3) is 2.68. The number of para-hydroxylation sites is 1. The van der Waals surface area contributed by atoms with Crippen molar-refractivity contribution >= 4 is 42.8 Å². The Hall–Kier alpha value is -1.10. The molecule has 0 radical (unpaired) electrons. The van der Waals surface area contributed by atoms with E-state index in [4.69, 9.17) is 10.2 Å². The molecule has 2 nitrogen and oxygen atoms in total. The van der Waals surface area contributed by atoms with E-state index in [1.807, 2.05) is 42.5 Å². The van der Waals surface area contributed by atoms with Crippen LogP contribution in [-0.4, -0.2) is 0 Å². The van der Waals surface area contributed by atoms with E-state index >= 15 is 0 Å². The molecule has 1 unspecified atom stereocenters. The molecule has 0 aliphatic carbocycles. The molecule has 3 aromatic rings. The van der Waals surface area contributed by atoms with Crippen molar-refractivity contribution in [1.29, 1.82) is 0 Å². The van der Waals surface area contributed by atoms with Crippen molar-refractivity contribution in [2.24, 2.45) is 5.73 Å². The first-order valence-corrected chi connectivity index (χ1v) is 7.90. The fraction of sp³-hybridized carbons (Fsp3) is 0.125. The molecule has 1 atom stereocenters. The Morgan fingerprint density at radius 3 is 2.50 bits per heavy atom. The summed E-state index contributed by atoms with van der Waals surface area (Å²) in [6, 6.07) is 16.0. The standard InChI is InChI=1S/C16H13Br2NO/c17-12-6-2-1-4-10(12)8-14(19)15-9-11-5-3-7-13(18)16(11)20-15/h1-7,9,14H,8,19H2. The van der Waals surface area contributed by atoms with Crippen molar-refractivity contribution in [3.05, 3.63) is 68.8 Å². The first-order valence-electron chi connectivity index (χ1n) is 6.32. The SMILES string of the molecule is NC(Cc1ccccc1Br)c1cc2cccc(Br)c2o1. The Balaban J connectivity index is 1.91. The molecule has 4 heteroatoms. The maximum Gasteiger partial charge on any atom is 0.148 e. The van der Waals surface area contributed by atoms with Gasteiger partial charge in [-0.05, 0) is 46.1 Å². The maximum atomic E-state index is 6.28. The number of benzene rings is 2. The van der Waals surface area contributed by atoms with Gasteiger partial charge >= 0.3 is 0 Å². The Morgan fingerprint density at radius 1 is 1.00 bits per heavy atom. The lowest BCUT2D eigenvalue weighted by Gasteiger charge is -2.10. The summed E-state index contributed by atoms with van der Waals surface area (Å²) in [5.41, 5.74) is 8.31. The van der Waals surface area contributed by atoms with Crippen LogP contribution in [0.2, 0.25) is 0 Å². The zero-order valence-corrected chi connectivity index (χ0v) is 13.8. The van der Waals surface area contributed by atoms with E-state index < -0.39 is 0 Å². The summed E-state index contributed by atoms with van der Waals surface area (Å²) in [6.07, 6.45) is 0.735. The van der Waals surface area contributed by atoms with Crippen LogP contribution in [0, 0.1) is 0 Å². The molecule has 20 heavy (non-hydrogen) atoms. The minimum atomic E-state index is -0.159. The zero-order chi connectivity index (χ0) is 14.1. The molecule has 0 aliphatic heterocycles. The minimum Gasteiger partial charge on any atom is -0.458 e. The third-order valence-corrected chi connectivity index (χ3v) is 4.68. The summed E-state index contributed by atoms with van der Waals surface area (Å²) in [5.74, 6) is 0.808. The van der Waals surface area contributed by atoms with Gasteiger partial charge in [-0.3, -0.25) is 0 Å². The van der Waals surface area contributed by atoms with E-state index in [2.05, 4.69) is 37.9 Å². The predicted molar refractivity (Wildman–Crippen MR) is 88.7 cm³/mol. The van der Waals surface area contributed by atoms with Crippen LogP contribution in [0.4, 0.5) is 0 Å². The quantitative estimate of drug-likeness (QED) is 0.662. The fourth-order valence-corrected chi connectivity index (χ4v) is 3.14. The van der Waals surface area contributed by atoms with Crippen LogP contribution >= 0.6 is 31.9 Å². The average Bonchev–Trinajstić information content (AvgIpc) is 2.87. The molecule has 2 aromatic carbocycles. The average molecular weight is 395 g/mol. The summed E-state index contributed by atoms with van der Waals surface area (Å²) in [6.45, 7) is 0. The molecule has 0 aliphatic rings. The molecule has 0 spiro atoms. The second-order valence-electron chi connectivity index (χ2n) is 4.71. The highest BCUT2D eigenvalue weighted by atomic mass is 79.9. The molecule has 0 bridgehead atoms. The Bertz CT molecular complexity index is 751. The largest absolute Gasteiger partial charge is 0.458 e. The first kappa shape index (κ1) is 13.9. The van der Waals surface area contributed by atoms with Crippen LogP contribution in [0.15, 0.2) is 61.9 Å². The van der Waals surface area contributed by atoms with Gasteiger partial charge in [-0.2, -0.15) is 0 Å². The lowest BCUT2D eigenvalue weighted by Crippen LogP contribution is -2.12. The molecule has 0 fully saturated rings. The van der Waals surface area contributed by atoms with Crippen LogP contribution in [0.5, 0.6) is 0 Å². The highest BCUT2D eigenvalue weighted by Crippen LogP contribution is 2.30. The predicted octanol–water partition coefficient (Wildman–Crippen LogP) is 5.20. The molecule has 3 rings (SSSR count). The van der Waals surface area contributed by atoms with Gasteiger partial charge in [0.05, 0.1) is 10.5 Å². The van der Waals surface area contributed by atoms with E-state index in [-0.39, 0.29) is 6.04 Å².